The van der Waals surface area contributed by atoms with Crippen LogP contribution < -0.4 is 5.32 Å². The first-order valence-corrected chi connectivity index (χ1v) is 11.2. The van der Waals surface area contributed by atoms with Crippen molar-refractivity contribution in [2.24, 2.45) is 5.92 Å². The summed E-state index contributed by atoms with van der Waals surface area (Å²) in [4.78, 5) is 55.2. The van der Waals surface area contributed by atoms with Crippen molar-refractivity contribution in [2.45, 2.75) is 13.0 Å². The zero-order valence-electron chi connectivity index (χ0n) is 18.5. The number of nitrogens with zero attached hydrogens (tertiary/aromatic N) is 3. The minimum absolute atomic E-state index is 0.000162. The molecular weight excluding hydrogens is 420 g/mol. The Hall–Kier alpha value is -3.68. The molecule has 0 aliphatic carbocycles. The summed E-state index contributed by atoms with van der Waals surface area (Å²) in [5.41, 5.74) is 1.55. The molecule has 2 aliphatic rings. The zero-order chi connectivity index (χ0) is 23.2. The fourth-order valence-electron chi connectivity index (χ4n) is 4.29. The van der Waals surface area contributed by atoms with E-state index in [1.165, 1.54) is 0 Å². The smallest absolute Gasteiger partial charge is 0.251 e. The molecule has 2 heterocycles. The number of hydrogen-bond acceptors (Lipinski definition) is 4. The van der Waals surface area contributed by atoms with Crippen molar-refractivity contribution in [3.8, 4) is 0 Å². The van der Waals surface area contributed by atoms with Gasteiger partial charge in [0, 0.05) is 51.3 Å². The standard InChI is InChI=1S/C25H28N4O4/c30-22-15-21(18-29(22)17-19-7-3-1-4-8-19)25(33)28-13-11-27(12-14-28)23(31)16-26-24(32)20-9-5-2-6-10-20/h1-10,21H,11-18H2,(H,26,32). The van der Waals surface area contributed by atoms with Crippen LogP contribution in [0.15, 0.2) is 60.7 Å². The van der Waals surface area contributed by atoms with Crippen LogP contribution in [0, 0.1) is 5.92 Å². The van der Waals surface area contributed by atoms with Gasteiger partial charge in [-0.1, -0.05) is 48.5 Å². The topological polar surface area (TPSA) is 90.0 Å². The van der Waals surface area contributed by atoms with Crippen molar-refractivity contribution >= 4 is 23.6 Å². The van der Waals surface area contributed by atoms with Crippen molar-refractivity contribution in [3.05, 3.63) is 71.8 Å². The van der Waals surface area contributed by atoms with Gasteiger partial charge in [0.2, 0.25) is 17.7 Å². The largest absolute Gasteiger partial charge is 0.343 e. The maximum Gasteiger partial charge on any atom is 0.251 e. The summed E-state index contributed by atoms with van der Waals surface area (Å²) in [6.45, 7) is 2.56. The number of amides is 4. The lowest BCUT2D eigenvalue weighted by Crippen LogP contribution is -2.53. The first kappa shape index (κ1) is 22.5. The maximum atomic E-state index is 13.0. The van der Waals surface area contributed by atoms with Crippen molar-refractivity contribution in [3.63, 3.8) is 0 Å². The Labute approximate surface area is 193 Å². The third kappa shape index (κ3) is 5.58. The van der Waals surface area contributed by atoms with E-state index in [-0.39, 0.29) is 42.5 Å². The van der Waals surface area contributed by atoms with Crippen molar-refractivity contribution in [2.75, 3.05) is 39.3 Å². The normalized spacial score (nSPS) is 18.4. The van der Waals surface area contributed by atoms with Crippen LogP contribution in [0.3, 0.4) is 0 Å². The molecule has 0 saturated carbocycles. The average molecular weight is 449 g/mol. The maximum absolute atomic E-state index is 13.0. The predicted octanol–water partition coefficient (Wildman–Crippen LogP) is 1.14. The van der Waals surface area contributed by atoms with Crippen LogP contribution in [0.25, 0.3) is 0 Å². The number of nitrogens with one attached hydrogen (secondary N) is 1. The molecule has 2 aliphatic heterocycles. The summed E-state index contributed by atoms with van der Waals surface area (Å²) in [6.07, 6.45) is 0.232. The van der Waals surface area contributed by atoms with E-state index in [1.807, 2.05) is 36.4 Å². The minimum Gasteiger partial charge on any atom is -0.343 e. The van der Waals surface area contributed by atoms with E-state index < -0.39 is 0 Å². The lowest BCUT2D eigenvalue weighted by Gasteiger charge is -2.36. The first-order valence-electron chi connectivity index (χ1n) is 11.2. The van der Waals surface area contributed by atoms with E-state index in [2.05, 4.69) is 5.32 Å². The molecule has 2 saturated heterocycles. The molecule has 0 radical (unpaired) electrons. The van der Waals surface area contributed by atoms with Crippen LogP contribution >= 0.6 is 0 Å². The van der Waals surface area contributed by atoms with E-state index in [9.17, 15) is 19.2 Å². The molecule has 4 rings (SSSR count). The highest BCUT2D eigenvalue weighted by Gasteiger charge is 2.37. The summed E-state index contributed by atoms with van der Waals surface area (Å²) in [5, 5.41) is 2.65. The predicted molar refractivity (Wildman–Crippen MR) is 122 cm³/mol. The molecule has 1 N–H and O–H groups in total. The van der Waals surface area contributed by atoms with Gasteiger partial charge < -0.3 is 20.0 Å². The summed E-state index contributed by atoms with van der Waals surface area (Å²) in [5.74, 6) is -0.822. The molecule has 1 atom stereocenters. The van der Waals surface area contributed by atoms with Gasteiger partial charge in [-0.2, -0.15) is 0 Å². The van der Waals surface area contributed by atoms with Crippen LogP contribution in [0.1, 0.15) is 22.3 Å². The number of piperazine rings is 1. The molecule has 1 unspecified atom stereocenters. The molecule has 0 aromatic heterocycles. The first-order chi connectivity index (χ1) is 16.0. The zero-order valence-corrected chi connectivity index (χ0v) is 18.5. The molecule has 2 aromatic rings. The number of benzene rings is 2. The Bertz CT molecular complexity index is 1000. The average Bonchev–Trinajstić information content (AvgIpc) is 3.23. The van der Waals surface area contributed by atoms with Gasteiger partial charge in [0.1, 0.15) is 0 Å². The van der Waals surface area contributed by atoms with Gasteiger partial charge in [-0.05, 0) is 17.7 Å². The third-order valence-electron chi connectivity index (χ3n) is 6.16. The highest BCUT2D eigenvalue weighted by atomic mass is 16.2. The van der Waals surface area contributed by atoms with E-state index in [1.54, 1.807) is 39.0 Å². The van der Waals surface area contributed by atoms with Gasteiger partial charge in [0.25, 0.3) is 5.91 Å². The molecule has 2 aromatic carbocycles. The summed E-state index contributed by atoms with van der Waals surface area (Å²) in [7, 11) is 0. The summed E-state index contributed by atoms with van der Waals surface area (Å²) >= 11 is 0. The van der Waals surface area contributed by atoms with Crippen LogP contribution in [0.2, 0.25) is 0 Å². The van der Waals surface area contributed by atoms with Crippen LogP contribution in [0.5, 0.6) is 0 Å². The second kappa shape index (κ2) is 10.3. The lowest BCUT2D eigenvalue weighted by molar-refractivity contribution is -0.141. The molecular formula is C25H28N4O4. The van der Waals surface area contributed by atoms with Crippen LogP contribution in [-0.2, 0) is 20.9 Å². The van der Waals surface area contributed by atoms with E-state index in [4.69, 9.17) is 0 Å². The lowest BCUT2D eigenvalue weighted by atomic mass is 10.1. The Morgan fingerprint density at radius 2 is 1.45 bits per heavy atom. The van der Waals surface area contributed by atoms with Gasteiger partial charge in [-0.3, -0.25) is 19.2 Å². The second-order valence-corrected chi connectivity index (χ2v) is 8.42. The molecule has 4 amide bonds. The highest BCUT2D eigenvalue weighted by molar-refractivity contribution is 5.96. The number of rotatable bonds is 6. The monoisotopic (exact) mass is 448 g/mol. The Morgan fingerprint density at radius 3 is 2.12 bits per heavy atom. The Morgan fingerprint density at radius 1 is 0.848 bits per heavy atom. The fourth-order valence-corrected chi connectivity index (χ4v) is 4.29. The van der Waals surface area contributed by atoms with Crippen molar-refractivity contribution < 1.29 is 19.2 Å². The van der Waals surface area contributed by atoms with Gasteiger partial charge in [0.15, 0.2) is 0 Å². The third-order valence-corrected chi connectivity index (χ3v) is 6.16. The number of carbonyl (C=O) groups is 4. The Balaban J connectivity index is 1.22. The van der Waals surface area contributed by atoms with Crippen LogP contribution in [-0.4, -0.2) is 77.6 Å². The van der Waals surface area contributed by atoms with E-state index in [0.29, 0.717) is 44.8 Å². The van der Waals surface area contributed by atoms with Crippen molar-refractivity contribution in [1.82, 2.24) is 20.0 Å². The molecule has 0 bridgehead atoms. The summed E-state index contributed by atoms with van der Waals surface area (Å²) < 4.78 is 0. The summed E-state index contributed by atoms with van der Waals surface area (Å²) in [6, 6.07) is 18.5. The number of likely N-dealkylation sites (tertiary alicyclic amines) is 1. The molecule has 8 heteroatoms. The highest BCUT2D eigenvalue weighted by Crippen LogP contribution is 2.23. The van der Waals surface area contributed by atoms with Gasteiger partial charge in [-0.25, -0.2) is 0 Å². The SMILES string of the molecule is O=C(NCC(=O)N1CCN(C(=O)C2CC(=O)N(Cc3ccccc3)C2)CC1)c1ccccc1. The van der Waals surface area contributed by atoms with Crippen molar-refractivity contribution in [1.29, 1.82) is 0 Å². The Kier molecular flexibility index (Phi) is 7.02. The molecule has 172 valence electrons. The van der Waals surface area contributed by atoms with Gasteiger partial charge in [-0.15, -0.1) is 0 Å². The van der Waals surface area contributed by atoms with E-state index in [0.717, 1.165) is 5.56 Å². The molecule has 0 spiro atoms. The fraction of sp³-hybridized carbons (Fsp3) is 0.360. The van der Waals surface area contributed by atoms with Gasteiger partial charge in [0.05, 0.1) is 12.5 Å². The molecule has 8 nitrogen and oxygen atoms in total. The van der Waals surface area contributed by atoms with Gasteiger partial charge >= 0.3 is 0 Å². The quantitative estimate of drug-likeness (QED) is 0.718. The van der Waals surface area contributed by atoms with Crippen LogP contribution in [0.4, 0.5) is 0 Å². The van der Waals surface area contributed by atoms with E-state index >= 15 is 0 Å². The number of carbonyl (C=O) groups excluding carboxylic acids is 4. The molecule has 33 heavy (non-hydrogen) atoms. The second-order valence-electron chi connectivity index (χ2n) is 8.42. The minimum atomic E-state index is -0.339. The molecule has 2 fully saturated rings. The number of hydrogen-bond donors (Lipinski definition) is 1.